The molecular formula is C20H18F3N7O4S. The van der Waals surface area contributed by atoms with E-state index in [1.807, 2.05) is 0 Å². The first kappa shape index (κ1) is 24.2. The van der Waals surface area contributed by atoms with E-state index >= 15 is 0 Å². The highest BCUT2D eigenvalue weighted by molar-refractivity contribution is 7.14. The summed E-state index contributed by atoms with van der Waals surface area (Å²) in [6.07, 6.45) is -2.47. The van der Waals surface area contributed by atoms with Gasteiger partial charge in [0.25, 0.3) is 0 Å². The third-order valence-electron chi connectivity index (χ3n) is 4.75. The van der Waals surface area contributed by atoms with Gasteiger partial charge in [-0.15, -0.1) is 11.3 Å². The molecule has 11 nitrogen and oxygen atoms in total. The fraction of sp³-hybridized carbons (Fsp3) is 0.250. The Balaban J connectivity index is 1.55. The van der Waals surface area contributed by atoms with Crippen LogP contribution in [-0.4, -0.2) is 53.6 Å². The number of thiophene rings is 1. The number of aromatic nitrogens is 3. The highest BCUT2D eigenvalue weighted by atomic mass is 32.1. The Labute approximate surface area is 200 Å². The zero-order valence-corrected chi connectivity index (χ0v) is 18.7. The van der Waals surface area contributed by atoms with Crippen LogP contribution in [0.15, 0.2) is 36.0 Å². The predicted molar refractivity (Wildman–Crippen MR) is 120 cm³/mol. The average Bonchev–Trinajstić information content (AvgIpc) is 3.31. The Bertz CT molecular complexity index is 1180. The van der Waals surface area contributed by atoms with Gasteiger partial charge in [0.15, 0.2) is 0 Å². The molecule has 15 heteroatoms. The summed E-state index contributed by atoms with van der Waals surface area (Å²) in [6, 6.07) is 4.81. The number of ether oxygens (including phenoxy) is 1. The van der Waals surface area contributed by atoms with Crippen LogP contribution in [0.5, 0.6) is 0 Å². The number of anilines is 5. The molecule has 0 unspecified atom stereocenters. The molecule has 1 aliphatic heterocycles. The molecule has 1 fully saturated rings. The summed E-state index contributed by atoms with van der Waals surface area (Å²) in [5.41, 5.74) is 0.980. The number of hydroxylamine groups is 1. The summed E-state index contributed by atoms with van der Waals surface area (Å²) >= 11 is 0.951. The van der Waals surface area contributed by atoms with Gasteiger partial charge in [-0.05, 0) is 23.6 Å². The van der Waals surface area contributed by atoms with E-state index in [-0.39, 0.29) is 22.9 Å². The van der Waals surface area contributed by atoms with Gasteiger partial charge in [0.1, 0.15) is 22.2 Å². The zero-order chi connectivity index (χ0) is 24.8. The van der Waals surface area contributed by atoms with Gasteiger partial charge in [-0.1, -0.05) is 0 Å². The van der Waals surface area contributed by atoms with Crippen LogP contribution in [0.4, 0.5) is 41.4 Å². The molecule has 0 aromatic carbocycles. The molecule has 0 saturated carbocycles. The van der Waals surface area contributed by atoms with Crippen molar-refractivity contribution in [2.45, 2.75) is 6.18 Å². The van der Waals surface area contributed by atoms with E-state index in [2.05, 4.69) is 35.3 Å². The minimum Gasteiger partial charge on any atom is -0.378 e. The number of halogens is 3. The minimum atomic E-state index is -4.76. The lowest BCUT2D eigenvalue weighted by Crippen LogP contribution is -2.36. The number of pyridine rings is 1. The number of nitrogens with one attached hydrogen (secondary N) is 3. The topological polar surface area (TPSA) is 131 Å². The standard InChI is InChI=1S/C20H18F3N7O4S/c21-20(22,23)14-10-25-19(27-12-1-2-15(24-9-12)30-4-6-33-7-5-30)29-16(14)28-17-13(3-8-35-17)18(32)34-26-11-31/h1-3,8-11H,4-7H2,(H,26,31)(H2,25,27,28,29). The summed E-state index contributed by atoms with van der Waals surface area (Å²) in [6.45, 7) is 2.63. The molecule has 0 spiro atoms. The summed E-state index contributed by atoms with van der Waals surface area (Å²) in [4.78, 5) is 41.0. The van der Waals surface area contributed by atoms with E-state index in [0.29, 0.717) is 38.2 Å². The molecule has 0 bridgehead atoms. The third-order valence-corrected chi connectivity index (χ3v) is 5.58. The van der Waals surface area contributed by atoms with Gasteiger partial charge in [-0.2, -0.15) is 23.6 Å². The smallest absolute Gasteiger partial charge is 0.378 e. The maximum absolute atomic E-state index is 13.6. The van der Waals surface area contributed by atoms with Crippen molar-refractivity contribution in [3.8, 4) is 0 Å². The van der Waals surface area contributed by atoms with Crippen molar-refractivity contribution in [1.82, 2.24) is 20.4 Å². The van der Waals surface area contributed by atoms with Crippen LogP contribution in [0.25, 0.3) is 0 Å². The lowest BCUT2D eigenvalue weighted by atomic mass is 10.2. The Kier molecular flexibility index (Phi) is 7.26. The minimum absolute atomic E-state index is 0.0365. The van der Waals surface area contributed by atoms with E-state index in [9.17, 15) is 22.8 Å². The van der Waals surface area contributed by atoms with Gasteiger partial charge in [-0.25, -0.2) is 14.8 Å². The van der Waals surface area contributed by atoms with Crippen LogP contribution < -0.4 is 21.0 Å². The quantitative estimate of drug-likeness (QED) is 0.308. The Morgan fingerprint density at radius 1 is 1.14 bits per heavy atom. The molecule has 0 atom stereocenters. The molecule has 1 amide bonds. The molecule has 184 valence electrons. The van der Waals surface area contributed by atoms with Crippen molar-refractivity contribution >= 4 is 52.0 Å². The van der Waals surface area contributed by atoms with Crippen molar-refractivity contribution in [2.24, 2.45) is 0 Å². The number of morpholine rings is 1. The van der Waals surface area contributed by atoms with Gasteiger partial charge in [0, 0.05) is 19.3 Å². The lowest BCUT2D eigenvalue weighted by molar-refractivity contribution is -0.137. The first-order valence-electron chi connectivity index (χ1n) is 10.1. The number of amides is 1. The normalized spacial score (nSPS) is 13.7. The second-order valence-corrected chi connectivity index (χ2v) is 7.91. The Morgan fingerprint density at radius 3 is 2.63 bits per heavy atom. The van der Waals surface area contributed by atoms with Gasteiger partial charge in [0.05, 0.1) is 30.7 Å². The van der Waals surface area contributed by atoms with Gasteiger partial charge in [0.2, 0.25) is 12.4 Å². The number of hydrogen-bond donors (Lipinski definition) is 3. The Hall–Kier alpha value is -3.98. The second-order valence-electron chi connectivity index (χ2n) is 7.00. The fourth-order valence-corrected chi connectivity index (χ4v) is 3.89. The molecule has 0 aliphatic carbocycles. The average molecular weight is 509 g/mol. The SMILES string of the molecule is O=CNOC(=O)c1ccsc1Nc1nc(Nc2ccc(N3CCOCC3)nc2)ncc1C(F)(F)F. The van der Waals surface area contributed by atoms with Crippen LogP contribution in [0.3, 0.4) is 0 Å². The van der Waals surface area contributed by atoms with E-state index < -0.39 is 23.5 Å². The van der Waals surface area contributed by atoms with Crippen molar-refractivity contribution in [2.75, 3.05) is 41.8 Å². The van der Waals surface area contributed by atoms with Gasteiger partial charge < -0.3 is 25.1 Å². The number of nitrogens with zero attached hydrogens (tertiary/aromatic N) is 4. The molecule has 0 radical (unpaired) electrons. The molecule has 1 aliphatic rings. The molecule has 3 aromatic heterocycles. The summed E-state index contributed by atoms with van der Waals surface area (Å²) in [7, 11) is 0. The van der Waals surface area contributed by atoms with Gasteiger partial charge in [-0.3, -0.25) is 4.79 Å². The number of hydrogen-bond acceptors (Lipinski definition) is 11. The van der Waals surface area contributed by atoms with Crippen LogP contribution in [-0.2, 0) is 20.5 Å². The number of rotatable bonds is 8. The van der Waals surface area contributed by atoms with Crippen molar-refractivity contribution in [3.05, 3.63) is 47.1 Å². The van der Waals surface area contributed by atoms with Gasteiger partial charge >= 0.3 is 12.1 Å². The van der Waals surface area contributed by atoms with Crippen LogP contribution in [0.1, 0.15) is 15.9 Å². The van der Waals surface area contributed by atoms with Crippen molar-refractivity contribution in [3.63, 3.8) is 0 Å². The van der Waals surface area contributed by atoms with Crippen molar-refractivity contribution < 1.29 is 32.3 Å². The van der Waals surface area contributed by atoms with Crippen LogP contribution >= 0.6 is 11.3 Å². The highest BCUT2D eigenvalue weighted by Crippen LogP contribution is 2.37. The molecule has 3 N–H and O–H groups in total. The molecule has 3 aromatic rings. The van der Waals surface area contributed by atoms with Crippen molar-refractivity contribution in [1.29, 1.82) is 0 Å². The first-order valence-corrected chi connectivity index (χ1v) is 11.0. The number of carbonyl (C=O) groups excluding carboxylic acids is 2. The second kappa shape index (κ2) is 10.5. The van der Waals surface area contributed by atoms with Crippen LogP contribution in [0.2, 0.25) is 0 Å². The van der Waals surface area contributed by atoms with E-state index in [0.717, 1.165) is 17.2 Å². The first-order chi connectivity index (χ1) is 16.8. The number of carbonyl (C=O) groups is 2. The molecule has 1 saturated heterocycles. The summed E-state index contributed by atoms with van der Waals surface area (Å²) in [5.74, 6) is -0.915. The summed E-state index contributed by atoms with van der Waals surface area (Å²) < 4.78 is 46.1. The largest absolute Gasteiger partial charge is 0.421 e. The van der Waals surface area contributed by atoms with E-state index in [1.54, 1.807) is 17.6 Å². The van der Waals surface area contributed by atoms with Crippen LogP contribution in [0, 0.1) is 0 Å². The summed E-state index contributed by atoms with van der Waals surface area (Å²) in [5, 5.41) is 6.85. The predicted octanol–water partition coefficient (Wildman–Crippen LogP) is 3.09. The molecule has 4 rings (SSSR count). The molecular weight excluding hydrogens is 491 g/mol. The number of alkyl halides is 3. The maximum Gasteiger partial charge on any atom is 0.421 e. The zero-order valence-electron chi connectivity index (χ0n) is 17.8. The lowest BCUT2D eigenvalue weighted by Gasteiger charge is -2.27. The molecule has 4 heterocycles. The van der Waals surface area contributed by atoms with E-state index in [1.165, 1.54) is 17.6 Å². The van der Waals surface area contributed by atoms with E-state index in [4.69, 9.17) is 4.74 Å². The molecule has 35 heavy (non-hydrogen) atoms. The fourth-order valence-electron chi connectivity index (χ4n) is 3.12. The monoisotopic (exact) mass is 509 g/mol. The highest BCUT2D eigenvalue weighted by Gasteiger charge is 2.36. The third kappa shape index (κ3) is 5.93. The maximum atomic E-state index is 13.6. The Morgan fingerprint density at radius 2 is 1.94 bits per heavy atom.